The van der Waals surface area contributed by atoms with Crippen LogP contribution in [0.25, 0.3) is 28.3 Å². The van der Waals surface area contributed by atoms with E-state index in [1.807, 2.05) is 54.5 Å². The van der Waals surface area contributed by atoms with Gasteiger partial charge in [0.05, 0.1) is 44.6 Å². The van der Waals surface area contributed by atoms with Crippen molar-refractivity contribution in [3.63, 3.8) is 0 Å². The molecule has 0 saturated carbocycles. The summed E-state index contributed by atoms with van der Waals surface area (Å²) in [4.78, 5) is 35.9. The molecule has 0 spiro atoms. The van der Waals surface area contributed by atoms with Crippen LogP contribution in [0.2, 0.25) is 0 Å². The zero-order valence-corrected chi connectivity index (χ0v) is 54.1. The Morgan fingerprint density at radius 1 is 0.728 bits per heavy atom. The molecule has 1 unspecified atom stereocenters. The van der Waals surface area contributed by atoms with Gasteiger partial charge in [0.25, 0.3) is 46.4 Å². The van der Waals surface area contributed by atoms with Crippen molar-refractivity contribution in [2.24, 2.45) is 0 Å². The quantitative estimate of drug-likeness (QED) is 0.00949. The normalized spacial score (nSPS) is 16.4. The average molecular weight is 1350 g/mol. The number of carbonyl (C=O) groups is 2. The van der Waals surface area contributed by atoms with Gasteiger partial charge in [-0.3, -0.25) is 27.8 Å². The Bertz CT molecular complexity index is 4490. The highest BCUT2D eigenvalue weighted by Crippen LogP contribution is 2.52. The molecule has 2 aliphatic heterocycles. The molecule has 0 bridgehead atoms. The van der Waals surface area contributed by atoms with Crippen LogP contribution in [0.1, 0.15) is 102 Å². The van der Waals surface area contributed by atoms with Gasteiger partial charge in [0.1, 0.15) is 12.3 Å². The van der Waals surface area contributed by atoms with E-state index in [1.54, 1.807) is 59.7 Å². The number of nitrogens with zero attached hydrogens (tertiary/aromatic N) is 8. The number of ether oxygens (including phenoxy) is 1. The molecular formula is C61H74N11O16S4+. The molecule has 31 heteroatoms. The van der Waals surface area contributed by atoms with E-state index >= 15 is 0 Å². The predicted octanol–water partition coefficient (Wildman–Crippen LogP) is 7.19. The number of hydrogen-bond donors (Lipinski definition) is 7. The molecule has 1 atom stereocenters. The third-order valence-corrected chi connectivity index (χ3v) is 19.6. The summed E-state index contributed by atoms with van der Waals surface area (Å²) in [5.74, 6) is 0.109. The molecular weight excluding hydrogens is 1270 g/mol. The summed E-state index contributed by atoms with van der Waals surface area (Å²) in [5, 5.41) is 15.5. The number of anilines is 2. The van der Waals surface area contributed by atoms with E-state index in [9.17, 15) is 61.5 Å². The van der Waals surface area contributed by atoms with Crippen LogP contribution < -0.4 is 26.0 Å². The van der Waals surface area contributed by atoms with Crippen LogP contribution in [0.5, 0.6) is 5.75 Å². The fourth-order valence-electron chi connectivity index (χ4n) is 11.7. The minimum absolute atomic E-state index is 0.0102. The average Bonchev–Trinajstić information content (AvgIpc) is 1.60. The van der Waals surface area contributed by atoms with Crippen molar-refractivity contribution in [2.75, 3.05) is 54.9 Å². The summed E-state index contributed by atoms with van der Waals surface area (Å²) in [5.41, 5.74) is 10.1. The first-order valence-corrected chi connectivity index (χ1v) is 35.9. The number of rotatable bonds is 32. The number of aryl methyl sites for hydroxylation is 2. The second-order valence-electron chi connectivity index (χ2n) is 23.3. The van der Waals surface area contributed by atoms with Crippen LogP contribution in [0.15, 0.2) is 136 Å². The van der Waals surface area contributed by atoms with E-state index in [0.29, 0.717) is 126 Å². The van der Waals surface area contributed by atoms with Crippen molar-refractivity contribution < 1.29 is 75.2 Å². The number of aromatic nitrogens is 6. The number of nitrogens with one attached hydrogen (secondary N) is 2. The van der Waals surface area contributed by atoms with E-state index in [-0.39, 0.29) is 66.5 Å². The van der Waals surface area contributed by atoms with Crippen LogP contribution in [0.4, 0.5) is 17.3 Å². The Morgan fingerprint density at radius 2 is 1.41 bits per heavy atom. The number of amides is 2. The van der Waals surface area contributed by atoms with Crippen LogP contribution >= 0.6 is 0 Å². The second kappa shape index (κ2) is 28.4. The van der Waals surface area contributed by atoms with E-state index in [2.05, 4.69) is 30.8 Å². The highest BCUT2D eigenvalue weighted by Gasteiger charge is 2.46. The monoisotopic (exact) mass is 1340 g/mol. The van der Waals surface area contributed by atoms with E-state index in [1.165, 1.54) is 40.9 Å². The molecule has 7 aromatic rings. The largest absolute Gasteiger partial charge is 0.484 e. The molecule has 92 heavy (non-hydrogen) atoms. The lowest BCUT2D eigenvalue weighted by molar-refractivity contribution is -0.437. The number of fused-ring (bicyclic) bond motifs is 5. The summed E-state index contributed by atoms with van der Waals surface area (Å²) in [6.45, 7) is 6.98. The third kappa shape index (κ3) is 16.7. The van der Waals surface area contributed by atoms with Gasteiger partial charge in [-0.25, -0.2) is 9.67 Å². The lowest BCUT2D eigenvalue weighted by Crippen LogP contribution is -2.30. The van der Waals surface area contributed by atoms with Gasteiger partial charge in [-0.05, 0) is 138 Å². The lowest BCUT2D eigenvalue weighted by Gasteiger charge is -2.30. The van der Waals surface area contributed by atoms with Crippen LogP contribution in [-0.4, -0.2) is 148 Å². The van der Waals surface area contributed by atoms with Crippen molar-refractivity contribution in [3.8, 4) is 17.3 Å². The lowest BCUT2D eigenvalue weighted by atomic mass is 9.77. The third-order valence-electron chi connectivity index (χ3n) is 16.3. The molecule has 0 fully saturated rings. The minimum atomic E-state index is -4.66. The van der Waals surface area contributed by atoms with Gasteiger partial charge >= 0.3 is 0 Å². The molecule has 4 aromatic heterocycles. The molecule has 9 rings (SSSR count). The number of hydrogen-bond acceptors (Lipinski definition) is 18. The Morgan fingerprint density at radius 3 is 2.10 bits per heavy atom. The number of nitrogen functional groups attached to an aromatic ring is 1. The predicted molar refractivity (Wildman–Crippen MR) is 343 cm³/mol. The van der Waals surface area contributed by atoms with Gasteiger partial charge in [-0.15, -0.1) is 5.10 Å². The maximum atomic E-state index is 12.9. The molecule has 2 amide bonds. The molecule has 8 N–H and O–H groups in total. The van der Waals surface area contributed by atoms with Crippen molar-refractivity contribution in [1.82, 2.24) is 40.0 Å². The van der Waals surface area contributed by atoms with E-state index in [0.717, 1.165) is 18.4 Å². The summed E-state index contributed by atoms with van der Waals surface area (Å²) >= 11 is 0. The molecule has 0 saturated heterocycles. The summed E-state index contributed by atoms with van der Waals surface area (Å²) in [6, 6.07) is 19.3. The van der Waals surface area contributed by atoms with E-state index < -0.39 is 62.8 Å². The topological polar surface area (TPSA) is 391 Å². The smallest absolute Gasteiger partial charge is 0.294 e. The van der Waals surface area contributed by atoms with Crippen molar-refractivity contribution in [2.45, 2.75) is 119 Å². The Balaban J connectivity index is 0.740. The zero-order valence-electron chi connectivity index (χ0n) is 50.9. The number of allylic oxidation sites excluding steroid dienone is 6. The number of carbonyl (C=O) groups excluding carboxylic acids is 2. The maximum Gasteiger partial charge on any atom is 0.294 e. The van der Waals surface area contributed by atoms with Gasteiger partial charge in [0, 0.05) is 73.5 Å². The first-order chi connectivity index (χ1) is 43.5. The number of benzene rings is 3. The Hall–Kier alpha value is -8.17. The Labute approximate surface area is 533 Å². The zero-order chi connectivity index (χ0) is 66.2. The van der Waals surface area contributed by atoms with Gasteiger partial charge in [-0.2, -0.15) is 52.8 Å². The van der Waals surface area contributed by atoms with Crippen LogP contribution in [-0.2, 0) is 73.9 Å². The van der Waals surface area contributed by atoms with Gasteiger partial charge in [0.15, 0.2) is 29.4 Å². The number of furan rings is 1. The number of unbranched alkanes of at least 4 members (excludes halogenated alkanes) is 3. The summed E-state index contributed by atoms with van der Waals surface area (Å²) < 4.78 is 152. The molecule has 6 heterocycles. The standard InChI is InChI=1S/C61H73N11O16S4/c1-60(2)47-38-44(91(81,82)83)25-27-49(47)69(32-14-36-89(75,76)77)52(60)18-6-4-7-19-53-61(3,48-39-45(92(84,85)86)26-28-50(48)70(53)33-15-37-90(78,79)80)29-9-5-8-20-54(73)63-30-10-11-31-64-55(74)41-88-43-23-21-42(22-24-43)16-12-34-71-57-46(40-65-71)58-66-56(51-17-13-35-87-51)68-72(58)59(62)67-57/h4,6-7,13,17-19,21-28,35,38-40H,5,8-12,14-16,20,29-34,36-37,41H2,1-3H3,(H7-,62,63,64,65,66,67,68,73,74,75,76,77,78,79,80,81,82,83,84,85,86)/p+1. The van der Waals surface area contributed by atoms with Crippen molar-refractivity contribution >= 4 is 92.0 Å². The molecule has 2 aliphatic rings. The van der Waals surface area contributed by atoms with Crippen LogP contribution in [0, 0.1) is 0 Å². The second-order valence-corrected chi connectivity index (χ2v) is 29.2. The Kier molecular flexibility index (Phi) is 21.0. The highest BCUT2D eigenvalue weighted by molar-refractivity contribution is 7.86. The summed E-state index contributed by atoms with van der Waals surface area (Å²) in [7, 11) is -17.9. The molecule has 27 nitrogen and oxygen atoms in total. The first-order valence-electron chi connectivity index (χ1n) is 29.8. The number of nitrogens with two attached hydrogens (primary N) is 1. The fraction of sp³-hybridized carbons (Fsp3) is 0.393. The maximum absolute atomic E-state index is 12.9. The van der Waals surface area contributed by atoms with Gasteiger partial charge in [0.2, 0.25) is 23.4 Å². The highest BCUT2D eigenvalue weighted by atomic mass is 32.2. The van der Waals surface area contributed by atoms with Crippen molar-refractivity contribution in [3.05, 3.63) is 138 Å². The van der Waals surface area contributed by atoms with Gasteiger partial charge < -0.3 is 30.4 Å². The van der Waals surface area contributed by atoms with Crippen molar-refractivity contribution in [1.29, 1.82) is 0 Å². The molecule has 492 valence electrons. The summed E-state index contributed by atoms with van der Waals surface area (Å²) in [6.07, 6.45) is 17.0. The molecule has 3 aromatic carbocycles. The molecule has 0 aliphatic carbocycles. The van der Waals surface area contributed by atoms with E-state index in [4.69, 9.17) is 14.9 Å². The van der Waals surface area contributed by atoms with Gasteiger partial charge in [-0.1, -0.05) is 43.2 Å². The minimum Gasteiger partial charge on any atom is -0.484 e. The fourth-order valence-corrected chi connectivity index (χ4v) is 13.7. The van der Waals surface area contributed by atoms with Crippen LogP contribution in [0.3, 0.4) is 0 Å². The molecule has 0 radical (unpaired) electrons. The SMILES string of the molecule is CC1(C)C(/C=C/C=C/C=C2/N(CCCS(=O)(=O)O)c3ccc(S(=O)(=O)O)cc3C2(C)CCCCCC(=O)NCCCCNC(=O)COc2ccc(CCCn3ncc4c3nc(N)n3nc(-c5ccco5)nc43)cc2)=[N+](CCCS(=O)(=O)O)c2ccc(S(=O)(=O)O)cc21. The first kappa shape index (κ1) is 68.2.